The van der Waals surface area contributed by atoms with Crippen LogP contribution in [-0.4, -0.2) is 33.8 Å². The lowest BCUT2D eigenvalue weighted by atomic mass is 10.1. The van der Waals surface area contributed by atoms with Gasteiger partial charge in [-0.15, -0.1) is 0 Å². The predicted octanol–water partition coefficient (Wildman–Crippen LogP) is 0.0874. The summed E-state index contributed by atoms with van der Waals surface area (Å²) in [6, 6.07) is -0.709. The molecule has 1 aromatic rings. The third-order valence-electron chi connectivity index (χ3n) is 3.23. The molecular weight excluding hydrogens is 274 g/mol. The van der Waals surface area contributed by atoms with E-state index in [1.165, 1.54) is 6.20 Å². The zero-order valence-corrected chi connectivity index (χ0v) is 12.2. The summed E-state index contributed by atoms with van der Waals surface area (Å²) >= 11 is 0. The highest BCUT2D eigenvalue weighted by atomic mass is 16.5. The van der Waals surface area contributed by atoms with E-state index >= 15 is 0 Å². The Morgan fingerprint density at radius 3 is 2.81 bits per heavy atom. The number of unbranched alkanes of at least 4 members (excludes halogenated alkanes) is 1. The van der Waals surface area contributed by atoms with E-state index in [-0.39, 0.29) is 19.0 Å². The molecule has 1 rings (SSSR count). The van der Waals surface area contributed by atoms with Gasteiger partial charge in [-0.05, 0) is 26.3 Å². The lowest BCUT2D eigenvalue weighted by Crippen LogP contribution is -2.32. The number of nitrogens with two attached hydrogens (primary N) is 2. The van der Waals surface area contributed by atoms with Crippen molar-refractivity contribution in [3.63, 3.8) is 0 Å². The van der Waals surface area contributed by atoms with Crippen molar-refractivity contribution in [1.82, 2.24) is 4.98 Å². The number of nitrogens with zero attached hydrogens (tertiary/aromatic N) is 1. The first-order chi connectivity index (χ1) is 10.0. The van der Waals surface area contributed by atoms with Gasteiger partial charge >= 0.3 is 5.97 Å². The number of carbonyl (C=O) groups is 1. The van der Waals surface area contributed by atoms with Crippen LogP contribution in [0.5, 0.6) is 5.75 Å². The van der Waals surface area contributed by atoms with Crippen molar-refractivity contribution in [3.05, 3.63) is 23.0 Å². The Morgan fingerprint density at radius 2 is 2.19 bits per heavy atom. The second-order valence-electron chi connectivity index (χ2n) is 4.85. The molecule has 1 aromatic heterocycles. The Balaban J connectivity index is 2.62. The number of rotatable bonds is 8. The molecule has 0 fully saturated rings. The molecule has 0 bridgehead atoms. The predicted molar refractivity (Wildman–Crippen MR) is 77.2 cm³/mol. The summed E-state index contributed by atoms with van der Waals surface area (Å²) in [5.41, 5.74) is 12.3. The molecule has 0 saturated heterocycles. The molecule has 0 radical (unpaired) electrons. The number of esters is 1. The minimum absolute atomic E-state index is 0.0777. The first-order valence-electron chi connectivity index (χ1n) is 6.90. The molecule has 0 spiro atoms. The number of aliphatic hydroxyl groups excluding tert-OH is 1. The molecule has 21 heavy (non-hydrogen) atoms. The van der Waals surface area contributed by atoms with Crippen LogP contribution in [0.4, 0.5) is 0 Å². The van der Waals surface area contributed by atoms with Crippen molar-refractivity contribution >= 4 is 5.97 Å². The van der Waals surface area contributed by atoms with Gasteiger partial charge in [0, 0.05) is 17.3 Å². The number of hydrogen-bond donors (Lipinski definition) is 4. The third kappa shape index (κ3) is 4.96. The van der Waals surface area contributed by atoms with Crippen LogP contribution in [0, 0.1) is 6.92 Å². The molecule has 0 aromatic carbocycles. The molecule has 118 valence electrons. The standard InChI is InChI=1S/C14H23N3O4/c1-9-13(19)11(10(7-18)6-17-9)8-21-14(20)12(16)4-2-3-5-15/h6,12,18-19H,2-5,7-8,15-16H2,1H3/t12-/m0/s1. The van der Waals surface area contributed by atoms with Crippen LogP contribution in [0.15, 0.2) is 6.20 Å². The maximum atomic E-state index is 11.8. The Bertz CT molecular complexity index is 480. The van der Waals surface area contributed by atoms with Gasteiger partial charge in [-0.3, -0.25) is 9.78 Å². The quantitative estimate of drug-likeness (QED) is 0.395. The molecule has 0 saturated carbocycles. The topological polar surface area (TPSA) is 132 Å². The molecule has 0 aliphatic rings. The maximum Gasteiger partial charge on any atom is 0.323 e. The van der Waals surface area contributed by atoms with Gasteiger partial charge < -0.3 is 26.4 Å². The van der Waals surface area contributed by atoms with Crippen LogP contribution < -0.4 is 11.5 Å². The summed E-state index contributed by atoms with van der Waals surface area (Å²) in [4.78, 5) is 15.7. The van der Waals surface area contributed by atoms with Crippen LogP contribution in [0.2, 0.25) is 0 Å². The number of aryl methyl sites for hydroxylation is 1. The number of aliphatic hydroxyl groups is 1. The number of pyridine rings is 1. The second kappa shape index (κ2) is 8.56. The molecule has 0 aliphatic carbocycles. The van der Waals surface area contributed by atoms with Gasteiger partial charge in [0.2, 0.25) is 0 Å². The first-order valence-corrected chi connectivity index (χ1v) is 6.90. The summed E-state index contributed by atoms with van der Waals surface area (Å²) in [6.45, 7) is 1.75. The van der Waals surface area contributed by atoms with E-state index in [2.05, 4.69) is 4.98 Å². The van der Waals surface area contributed by atoms with Gasteiger partial charge in [-0.2, -0.15) is 0 Å². The largest absolute Gasteiger partial charge is 0.506 e. The van der Waals surface area contributed by atoms with Gasteiger partial charge in [0.25, 0.3) is 0 Å². The molecule has 7 heteroatoms. The SMILES string of the molecule is Cc1ncc(CO)c(COC(=O)[C@@H](N)CCCCN)c1O. The zero-order chi connectivity index (χ0) is 15.8. The Hall–Kier alpha value is -1.70. The molecule has 6 N–H and O–H groups in total. The van der Waals surface area contributed by atoms with Gasteiger partial charge in [-0.25, -0.2) is 0 Å². The van der Waals surface area contributed by atoms with Crippen LogP contribution >= 0.6 is 0 Å². The van der Waals surface area contributed by atoms with Crippen molar-refractivity contribution in [3.8, 4) is 5.75 Å². The van der Waals surface area contributed by atoms with E-state index in [4.69, 9.17) is 16.2 Å². The first kappa shape index (κ1) is 17.4. The summed E-state index contributed by atoms with van der Waals surface area (Å²) in [5, 5.41) is 19.1. The summed E-state index contributed by atoms with van der Waals surface area (Å²) in [6.07, 6.45) is 3.51. The smallest absolute Gasteiger partial charge is 0.323 e. The maximum absolute atomic E-state index is 11.8. The van der Waals surface area contributed by atoms with Crippen molar-refractivity contribution < 1.29 is 19.7 Å². The highest BCUT2D eigenvalue weighted by Gasteiger charge is 2.17. The van der Waals surface area contributed by atoms with Crippen LogP contribution in [-0.2, 0) is 22.7 Å². The average molecular weight is 297 g/mol. The highest BCUT2D eigenvalue weighted by Crippen LogP contribution is 2.24. The van der Waals surface area contributed by atoms with Crippen LogP contribution in [0.1, 0.15) is 36.1 Å². The normalized spacial score (nSPS) is 12.2. The summed E-state index contributed by atoms with van der Waals surface area (Å²) in [7, 11) is 0. The fraction of sp³-hybridized carbons (Fsp3) is 0.571. The highest BCUT2D eigenvalue weighted by molar-refractivity contribution is 5.75. The fourth-order valence-electron chi connectivity index (χ4n) is 1.86. The van der Waals surface area contributed by atoms with Gasteiger partial charge in [0.15, 0.2) is 0 Å². The Morgan fingerprint density at radius 1 is 1.48 bits per heavy atom. The molecule has 0 aliphatic heterocycles. The number of aromatic nitrogens is 1. The number of aromatic hydroxyl groups is 1. The fourth-order valence-corrected chi connectivity index (χ4v) is 1.86. The molecule has 1 atom stereocenters. The summed E-state index contributed by atoms with van der Waals surface area (Å²) in [5.74, 6) is -0.615. The van der Waals surface area contributed by atoms with E-state index in [1.807, 2.05) is 0 Å². The zero-order valence-electron chi connectivity index (χ0n) is 12.2. The van der Waals surface area contributed by atoms with E-state index < -0.39 is 12.0 Å². The molecule has 0 unspecified atom stereocenters. The Kier molecular flexibility index (Phi) is 7.07. The van der Waals surface area contributed by atoms with Crippen molar-refractivity contribution in [2.24, 2.45) is 11.5 Å². The monoisotopic (exact) mass is 297 g/mol. The van der Waals surface area contributed by atoms with Crippen LogP contribution in [0.25, 0.3) is 0 Å². The number of carbonyl (C=O) groups excluding carboxylic acids is 1. The molecule has 1 heterocycles. The lowest BCUT2D eigenvalue weighted by molar-refractivity contribution is -0.146. The second-order valence-corrected chi connectivity index (χ2v) is 4.85. The van der Waals surface area contributed by atoms with Crippen molar-refractivity contribution in [2.45, 2.75) is 45.4 Å². The summed E-state index contributed by atoms with van der Waals surface area (Å²) < 4.78 is 5.10. The van der Waals surface area contributed by atoms with Crippen molar-refractivity contribution in [2.75, 3.05) is 6.54 Å². The van der Waals surface area contributed by atoms with E-state index in [0.717, 1.165) is 12.8 Å². The van der Waals surface area contributed by atoms with Gasteiger partial charge in [0.05, 0.1) is 12.3 Å². The van der Waals surface area contributed by atoms with E-state index in [0.29, 0.717) is 29.8 Å². The molecule has 0 amide bonds. The Labute approximate surface area is 123 Å². The number of ether oxygens (including phenoxy) is 1. The number of hydrogen-bond acceptors (Lipinski definition) is 7. The van der Waals surface area contributed by atoms with Crippen molar-refractivity contribution in [1.29, 1.82) is 0 Å². The third-order valence-corrected chi connectivity index (χ3v) is 3.23. The van der Waals surface area contributed by atoms with E-state index in [1.54, 1.807) is 6.92 Å². The molecule has 7 nitrogen and oxygen atoms in total. The molecular formula is C14H23N3O4. The average Bonchev–Trinajstić information content (AvgIpc) is 2.48. The van der Waals surface area contributed by atoms with Crippen LogP contribution in [0.3, 0.4) is 0 Å². The van der Waals surface area contributed by atoms with Gasteiger partial charge in [-0.1, -0.05) is 6.42 Å². The van der Waals surface area contributed by atoms with Gasteiger partial charge in [0.1, 0.15) is 18.4 Å². The minimum Gasteiger partial charge on any atom is -0.506 e. The lowest BCUT2D eigenvalue weighted by Gasteiger charge is -2.14. The van der Waals surface area contributed by atoms with E-state index in [9.17, 15) is 15.0 Å². The minimum atomic E-state index is -0.709.